The maximum absolute atomic E-state index is 12.9. The summed E-state index contributed by atoms with van der Waals surface area (Å²) < 4.78 is 28.6. The molecule has 118 valence electrons. The van der Waals surface area contributed by atoms with Gasteiger partial charge in [0.05, 0.1) is 14.2 Å². The van der Waals surface area contributed by atoms with Crippen molar-refractivity contribution in [2.75, 3.05) is 14.2 Å². The van der Waals surface area contributed by atoms with Gasteiger partial charge in [0.25, 0.3) is 5.89 Å². The van der Waals surface area contributed by atoms with Crippen molar-refractivity contribution in [2.45, 2.75) is 6.42 Å². The van der Waals surface area contributed by atoms with Gasteiger partial charge < -0.3 is 14.0 Å². The molecule has 0 amide bonds. The van der Waals surface area contributed by atoms with Crippen molar-refractivity contribution in [3.05, 3.63) is 59.7 Å². The fourth-order valence-corrected chi connectivity index (χ4v) is 2.21. The molecular weight excluding hydrogens is 299 g/mol. The largest absolute Gasteiger partial charge is 0.493 e. The van der Waals surface area contributed by atoms with Crippen molar-refractivity contribution < 1.29 is 18.4 Å². The van der Waals surface area contributed by atoms with Gasteiger partial charge >= 0.3 is 0 Å². The zero-order valence-corrected chi connectivity index (χ0v) is 12.7. The summed E-state index contributed by atoms with van der Waals surface area (Å²) >= 11 is 0. The van der Waals surface area contributed by atoms with E-state index in [1.54, 1.807) is 26.4 Å². The van der Waals surface area contributed by atoms with Crippen molar-refractivity contribution in [3.8, 4) is 23.0 Å². The summed E-state index contributed by atoms with van der Waals surface area (Å²) in [6, 6.07) is 11.5. The van der Waals surface area contributed by atoms with E-state index >= 15 is 0 Å². The number of methoxy groups -OCH3 is 2. The molecule has 23 heavy (non-hydrogen) atoms. The van der Waals surface area contributed by atoms with Gasteiger partial charge in [0.15, 0.2) is 17.3 Å². The first kappa shape index (κ1) is 15.0. The van der Waals surface area contributed by atoms with Crippen LogP contribution in [0.5, 0.6) is 11.5 Å². The van der Waals surface area contributed by atoms with Crippen LogP contribution in [0.1, 0.15) is 11.4 Å². The van der Waals surface area contributed by atoms with Crippen molar-refractivity contribution in [1.82, 2.24) is 10.1 Å². The van der Waals surface area contributed by atoms with Crippen LogP contribution in [0.4, 0.5) is 4.39 Å². The zero-order valence-electron chi connectivity index (χ0n) is 12.7. The highest BCUT2D eigenvalue weighted by molar-refractivity contribution is 5.52. The first-order chi connectivity index (χ1) is 11.2. The summed E-state index contributed by atoms with van der Waals surface area (Å²) in [6.45, 7) is 0. The number of halogens is 1. The third kappa shape index (κ3) is 3.31. The van der Waals surface area contributed by atoms with Crippen LogP contribution >= 0.6 is 0 Å². The molecular formula is C17H15FN2O3. The normalized spacial score (nSPS) is 10.6. The molecule has 1 heterocycles. The van der Waals surface area contributed by atoms with E-state index in [1.807, 2.05) is 18.2 Å². The molecule has 0 N–H and O–H groups in total. The second-order valence-electron chi connectivity index (χ2n) is 4.89. The highest BCUT2D eigenvalue weighted by atomic mass is 19.1. The fraction of sp³-hybridized carbons (Fsp3) is 0.176. The standard InChI is InChI=1S/C17H15FN2O3/c1-21-14-8-3-11(9-15(14)22-2)10-16-19-17(23-20-16)12-4-6-13(18)7-5-12/h3-9H,10H2,1-2H3. The topological polar surface area (TPSA) is 57.4 Å². The van der Waals surface area contributed by atoms with Gasteiger partial charge in [0.1, 0.15) is 5.82 Å². The van der Waals surface area contributed by atoms with E-state index in [2.05, 4.69) is 10.1 Å². The van der Waals surface area contributed by atoms with Crippen LogP contribution in [0.25, 0.3) is 11.5 Å². The zero-order chi connectivity index (χ0) is 16.2. The molecule has 0 saturated carbocycles. The lowest BCUT2D eigenvalue weighted by atomic mass is 10.1. The molecule has 0 aliphatic carbocycles. The van der Waals surface area contributed by atoms with Crippen LogP contribution in [0.2, 0.25) is 0 Å². The van der Waals surface area contributed by atoms with E-state index in [0.29, 0.717) is 35.2 Å². The number of hydrogen-bond donors (Lipinski definition) is 0. The van der Waals surface area contributed by atoms with E-state index in [9.17, 15) is 4.39 Å². The summed E-state index contributed by atoms with van der Waals surface area (Å²) in [5, 5.41) is 3.96. The molecule has 0 aliphatic rings. The highest BCUT2D eigenvalue weighted by Crippen LogP contribution is 2.28. The molecule has 0 radical (unpaired) electrons. The Hall–Kier alpha value is -2.89. The number of benzene rings is 2. The number of aromatic nitrogens is 2. The Labute approximate surface area is 132 Å². The van der Waals surface area contributed by atoms with Gasteiger partial charge in [-0.1, -0.05) is 11.2 Å². The Morgan fingerprint density at radius 2 is 1.74 bits per heavy atom. The van der Waals surface area contributed by atoms with Gasteiger partial charge in [-0.05, 0) is 42.0 Å². The predicted octanol–water partition coefficient (Wildman–Crippen LogP) is 3.48. The fourth-order valence-electron chi connectivity index (χ4n) is 2.21. The SMILES string of the molecule is COc1ccc(Cc2noc(-c3ccc(F)cc3)n2)cc1OC. The molecule has 0 unspecified atom stereocenters. The Bertz CT molecular complexity index is 800. The predicted molar refractivity (Wildman–Crippen MR) is 82.0 cm³/mol. The second-order valence-corrected chi connectivity index (χ2v) is 4.89. The first-order valence-corrected chi connectivity index (χ1v) is 6.99. The molecule has 0 fully saturated rings. The van der Waals surface area contributed by atoms with Gasteiger partial charge in [-0.15, -0.1) is 0 Å². The van der Waals surface area contributed by atoms with Crippen LogP contribution in [0.15, 0.2) is 47.0 Å². The maximum Gasteiger partial charge on any atom is 0.257 e. The minimum atomic E-state index is -0.307. The van der Waals surface area contributed by atoms with Crippen molar-refractivity contribution in [3.63, 3.8) is 0 Å². The molecule has 5 nitrogen and oxygen atoms in total. The summed E-state index contributed by atoms with van der Waals surface area (Å²) in [5.41, 5.74) is 1.64. The quantitative estimate of drug-likeness (QED) is 0.721. The van der Waals surface area contributed by atoms with E-state index in [4.69, 9.17) is 14.0 Å². The van der Waals surface area contributed by atoms with Crippen LogP contribution in [-0.2, 0) is 6.42 Å². The van der Waals surface area contributed by atoms with Crippen molar-refractivity contribution in [2.24, 2.45) is 0 Å². The minimum Gasteiger partial charge on any atom is -0.493 e. The average molecular weight is 314 g/mol. The molecule has 0 bridgehead atoms. The molecule has 0 atom stereocenters. The number of ether oxygens (including phenoxy) is 2. The Kier molecular flexibility index (Phi) is 4.23. The van der Waals surface area contributed by atoms with E-state index in [1.165, 1.54) is 12.1 Å². The third-order valence-electron chi connectivity index (χ3n) is 3.37. The number of nitrogens with zero attached hydrogens (tertiary/aromatic N) is 2. The molecule has 0 aliphatic heterocycles. The van der Waals surface area contributed by atoms with Crippen LogP contribution in [-0.4, -0.2) is 24.4 Å². The van der Waals surface area contributed by atoms with Gasteiger partial charge in [-0.2, -0.15) is 4.98 Å². The summed E-state index contributed by atoms with van der Waals surface area (Å²) in [5.74, 6) is 1.90. The summed E-state index contributed by atoms with van der Waals surface area (Å²) in [4.78, 5) is 4.33. The highest BCUT2D eigenvalue weighted by Gasteiger charge is 2.11. The number of rotatable bonds is 5. The van der Waals surface area contributed by atoms with Crippen molar-refractivity contribution in [1.29, 1.82) is 0 Å². The van der Waals surface area contributed by atoms with Crippen LogP contribution < -0.4 is 9.47 Å². The second kappa shape index (κ2) is 6.48. The third-order valence-corrected chi connectivity index (χ3v) is 3.37. The van der Waals surface area contributed by atoms with Gasteiger partial charge in [0, 0.05) is 12.0 Å². The van der Waals surface area contributed by atoms with Crippen molar-refractivity contribution >= 4 is 0 Å². The average Bonchev–Trinajstić information content (AvgIpc) is 3.04. The molecule has 6 heteroatoms. The minimum absolute atomic E-state index is 0.307. The molecule has 1 aromatic heterocycles. The summed E-state index contributed by atoms with van der Waals surface area (Å²) in [7, 11) is 3.17. The van der Waals surface area contributed by atoms with Crippen LogP contribution in [0, 0.1) is 5.82 Å². The van der Waals surface area contributed by atoms with E-state index < -0.39 is 0 Å². The van der Waals surface area contributed by atoms with E-state index in [-0.39, 0.29) is 5.82 Å². The maximum atomic E-state index is 12.9. The van der Waals surface area contributed by atoms with Gasteiger partial charge in [0.2, 0.25) is 0 Å². The molecule has 2 aromatic carbocycles. The molecule has 0 saturated heterocycles. The van der Waals surface area contributed by atoms with Gasteiger partial charge in [-0.25, -0.2) is 4.39 Å². The number of hydrogen-bond acceptors (Lipinski definition) is 5. The molecule has 3 aromatic rings. The smallest absolute Gasteiger partial charge is 0.257 e. The lowest BCUT2D eigenvalue weighted by molar-refractivity contribution is 0.354. The van der Waals surface area contributed by atoms with E-state index in [0.717, 1.165) is 5.56 Å². The summed E-state index contributed by atoms with van der Waals surface area (Å²) in [6.07, 6.45) is 0.491. The van der Waals surface area contributed by atoms with Crippen LogP contribution in [0.3, 0.4) is 0 Å². The van der Waals surface area contributed by atoms with Gasteiger partial charge in [-0.3, -0.25) is 0 Å². The monoisotopic (exact) mass is 314 g/mol. The lowest BCUT2D eigenvalue weighted by Gasteiger charge is -2.08. The first-order valence-electron chi connectivity index (χ1n) is 6.99. The Morgan fingerprint density at radius 3 is 2.43 bits per heavy atom. The molecule has 3 rings (SSSR count). The Morgan fingerprint density at radius 1 is 1.00 bits per heavy atom. The Balaban J connectivity index is 1.80. The molecule has 0 spiro atoms. The lowest BCUT2D eigenvalue weighted by Crippen LogP contribution is -1.95.